The minimum Gasteiger partial charge on any atom is -0.454 e. The molecule has 1 aromatic carbocycles. The summed E-state index contributed by atoms with van der Waals surface area (Å²) in [5.74, 6) is 1.42. The highest BCUT2D eigenvalue weighted by Crippen LogP contribution is 2.33. The zero-order valence-electron chi connectivity index (χ0n) is 12.6. The lowest BCUT2D eigenvalue weighted by Crippen LogP contribution is -2.44. The molecular formula is C16H22N2O3. The second kappa shape index (κ2) is 5.93. The zero-order valence-corrected chi connectivity index (χ0v) is 12.6. The van der Waals surface area contributed by atoms with Crippen molar-refractivity contribution in [1.82, 2.24) is 10.2 Å². The molecule has 21 heavy (non-hydrogen) atoms. The lowest BCUT2D eigenvalue weighted by molar-refractivity contribution is 0.0688. The predicted octanol–water partition coefficient (Wildman–Crippen LogP) is 2.02. The highest BCUT2D eigenvalue weighted by Gasteiger charge is 2.25. The quantitative estimate of drug-likeness (QED) is 0.921. The Kier molecular flexibility index (Phi) is 4.01. The molecule has 0 aliphatic carbocycles. The molecule has 1 fully saturated rings. The Balaban J connectivity index is 1.76. The largest absolute Gasteiger partial charge is 0.454 e. The van der Waals surface area contributed by atoms with Gasteiger partial charge in [0.1, 0.15) is 0 Å². The van der Waals surface area contributed by atoms with E-state index < -0.39 is 0 Å². The summed E-state index contributed by atoms with van der Waals surface area (Å²) in [5, 5.41) is 3.45. The molecule has 0 bridgehead atoms. The van der Waals surface area contributed by atoms with Gasteiger partial charge in [-0.05, 0) is 51.4 Å². The van der Waals surface area contributed by atoms with Crippen LogP contribution in [-0.4, -0.2) is 42.8 Å². The number of amides is 1. The molecule has 1 aromatic rings. The van der Waals surface area contributed by atoms with E-state index in [1.807, 2.05) is 17.0 Å². The van der Waals surface area contributed by atoms with Crippen molar-refractivity contribution in [2.45, 2.75) is 38.8 Å². The Morgan fingerprint density at radius 3 is 2.90 bits per heavy atom. The monoisotopic (exact) mass is 290 g/mol. The van der Waals surface area contributed by atoms with Gasteiger partial charge in [0.25, 0.3) is 5.91 Å². The van der Waals surface area contributed by atoms with Crippen LogP contribution in [-0.2, 0) is 0 Å². The minimum absolute atomic E-state index is 0.0528. The van der Waals surface area contributed by atoms with E-state index >= 15 is 0 Å². The number of nitrogens with one attached hydrogen (secondary N) is 1. The Morgan fingerprint density at radius 1 is 1.38 bits per heavy atom. The van der Waals surface area contributed by atoms with E-state index in [2.05, 4.69) is 19.2 Å². The highest BCUT2D eigenvalue weighted by molar-refractivity contribution is 5.95. The summed E-state index contributed by atoms with van der Waals surface area (Å²) in [6.45, 7) is 6.15. The summed E-state index contributed by atoms with van der Waals surface area (Å²) in [6, 6.07) is 5.98. The van der Waals surface area contributed by atoms with Crippen molar-refractivity contribution in [1.29, 1.82) is 0 Å². The van der Waals surface area contributed by atoms with E-state index in [1.165, 1.54) is 6.42 Å². The van der Waals surface area contributed by atoms with Gasteiger partial charge in [0.2, 0.25) is 6.79 Å². The third-order valence-corrected chi connectivity index (χ3v) is 4.08. The van der Waals surface area contributed by atoms with Crippen LogP contribution in [0.15, 0.2) is 18.2 Å². The summed E-state index contributed by atoms with van der Waals surface area (Å²) in [6.07, 6.45) is 2.33. The standard InChI is InChI=1S/C16H22N2O3/c1-11(2)18(9-13-4-3-7-17-13)16(19)12-5-6-14-15(8-12)21-10-20-14/h5-6,8,11,13,17H,3-4,7,9-10H2,1-2H3. The fraction of sp³-hybridized carbons (Fsp3) is 0.562. The molecule has 1 atom stereocenters. The van der Waals surface area contributed by atoms with Gasteiger partial charge in [-0.2, -0.15) is 0 Å². The summed E-state index contributed by atoms with van der Waals surface area (Å²) < 4.78 is 10.6. The van der Waals surface area contributed by atoms with Crippen molar-refractivity contribution in [3.05, 3.63) is 23.8 Å². The first-order valence-electron chi connectivity index (χ1n) is 7.59. The number of fused-ring (bicyclic) bond motifs is 1. The molecule has 1 saturated heterocycles. The van der Waals surface area contributed by atoms with Crippen molar-refractivity contribution in [3.63, 3.8) is 0 Å². The third-order valence-electron chi connectivity index (χ3n) is 4.08. The van der Waals surface area contributed by atoms with Crippen LogP contribution in [0.5, 0.6) is 11.5 Å². The molecule has 2 aliphatic rings. The predicted molar refractivity (Wildman–Crippen MR) is 79.8 cm³/mol. The highest BCUT2D eigenvalue weighted by atomic mass is 16.7. The molecule has 0 saturated carbocycles. The fourth-order valence-corrected chi connectivity index (χ4v) is 2.87. The second-order valence-corrected chi connectivity index (χ2v) is 5.91. The molecule has 3 rings (SSSR count). The van der Waals surface area contributed by atoms with E-state index in [0.29, 0.717) is 23.1 Å². The molecule has 114 valence electrons. The number of nitrogens with zero attached hydrogens (tertiary/aromatic N) is 1. The summed E-state index contributed by atoms with van der Waals surface area (Å²) >= 11 is 0. The average Bonchev–Trinajstić information content (AvgIpc) is 3.14. The van der Waals surface area contributed by atoms with Crippen LogP contribution in [0, 0.1) is 0 Å². The van der Waals surface area contributed by atoms with Crippen LogP contribution < -0.4 is 14.8 Å². The van der Waals surface area contributed by atoms with Gasteiger partial charge in [-0.1, -0.05) is 0 Å². The summed E-state index contributed by atoms with van der Waals surface area (Å²) in [5.41, 5.74) is 0.658. The fourth-order valence-electron chi connectivity index (χ4n) is 2.87. The SMILES string of the molecule is CC(C)N(CC1CCCN1)C(=O)c1ccc2c(c1)OCO2. The maximum atomic E-state index is 12.8. The van der Waals surface area contributed by atoms with E-state index in [4.69, 9.17) is 9.47 Å². The first-order valence-corrected chi connectivity index (χ1v) is 7.59. The van der Waals surface area contributed by atoms with Gasteiger partial charge in [-0.25, -0.2) is 0 Å². The van der Waals surface area contributed by atoms with E-state index in [-0.39, 0.29) is 18.7 Å². The van der Waals surface area contributed by atoms with Crippen LogP contribution >= 0.6 is 0 Å². The van der Waals surface area contributed by atoms with E-state index in [1.54, 1.807) is 6.07 Å². The van der Waals surface area contributed by atoms with Crippen LogP contribution in [0.1, 0.15) is 37.0 Å². The second-order valence-electron chi connectivity index (χ2n) is 5.91. The van der Waals surface area contributed by atoms with Crippen molar-refractivity contribution in [2.75, 3.05) is 19.9 Å². The number of carbonyl (C=O) groups excluding carboxylic acids is 1. The number of hydrogen-bond donors (Lipinski definition) is 1. The van der Waals surface area contributed by atoms with E-state index in [9.17, 15) is 4.79 Å². The Bertz CT molecular complexity index is 524. The molecule has 0 spiro atoms. The summed E-state index contributed by atoms with van der Waals surface area (Å²) in [7, 11) is 0. The summed E-state index contributed by atoms with van der Waals surface area (Å²) in [4.78, 5) is 14.7. The van der Waals surface area contributed by atoms with E-state index in [0.717, 1.165) is 19.5 Å². The minimum atomic E-state index is 0.0528. The molecule has 5 nitrogen and oxygen atoms in total. The third kappa shape index (κ3) is 2.97. The maximum absolute atomic E-state index is 12.8. The smallest absolute Gasteiger partial charge is 0.254 e. The normalized spacial score (nSPS) is 20.0. The molecule has 1 amide bonds. The molecular weight excluding hydrogens is 268 g/mol. The van der Waals surface area contributed by atoms with Crippen molar-refractivity contribution in [2.24, 2.45) is 0 Å². The van der Waals surface area contributed by atoms with Gasteiger partial charge in [0.15, 0.2) is 11.5 Å². The molecule has 0 radical (unpaired) electrons. The number of ether oxygens (including phenoxy) is 2. The van der Waals surface area contributed by atoms with Crippen LogP contribution in [0.4, 0.5) is 0 Å². The molecule has 1 unspecified atom stereocenters. The topological polar surface area (TPSA) is 50.8 Å². The Labute approximate surface area is 125 Å². The van der Waals surface area contributed by atoms with Crippen molar-refractivity contribution >= 4 is 5.91 Å². The van der Waals surface area contributed by atoms with Gasteiger partial charge in [-0.3, -0.25) is 4.79 Å². The van der Waals surface area contributed by atoms with Gasteiger partial charge < -0.3 is 19.7 Å². The van der Waals surface area contributed by atoms with Crippen LogP contribution in [0.3, 0.4) is 0 Å². The number of hydrogen-bond acceptors (Lipinski definition) is 4. The first kappa shape index (κ1) is 14.2. The van der Waals surface area contributed by atoms with Crippen molar-refractivity contribution in [3.8, 4) is 11.5 Å². The number of benzene rings is 1. The van der Waals surface area contributed by atoms with Gasteiger partial charge in [0, 0.05) is 24.2 Å². The maximum Gasteiger partial charge on any atom is 0.254 e. The average molecular weight is 290 g/mol. The number of rotatable bonds is 4. The molecule has 5 heteroatoms. The lowest BCUT2D eigenvalue weighted by atomic mass is 10.1. The van der Waals surface area contributed by atoms with Gasteiger partial charge >= 0.3 is 0 Å². The van der Waals surface area contributed by atoms with Gasteiger partial charge in [0.05, 0.1) is 0 Å². The van der Waals surface area contributed by atoms with Gasteiger partial charge in [-0.15, -0.1) is 0 Å². The van der Waals surface area contributed by atoms with Crippen LogP contribution in [0.25, 0.3) is 0 Å². The molecule has 1 N–H and O–H groups in total. The number of carbonyl (C=O) groups is 1. The zero-order chi connectivity index (χ0) is 14.8. The lowest BCUT2D eigenvalue weighted by Gasteiger charge is -2.29. The Hall–Kier alpha value is -1.75. The molecule has 0 aromatic heterocycles. The van der Waals surface area contributed by atoms with Crippen LogP contribution in [0.2, 0.25) is 0 Å². The van der Waals surface area contributed by atoms with Crippen molar-refractivity contribution < 1.29 is 14.3 Å². The first-order chi connectivity index (χ1) is 10.1. The molecule has 2 aliphatic heterocycles. The molecule has 2 heterocycles. The Morgan fingerprint density at radius 2 is 2.19 bits per heavy atom.